The molecule has 1 amide bonds. The normalized spacial score (nSPS) is 15.3. The highest BCUT2D eigenvalue weighted by Gasteiger charge is 2.21. The Morgan fingerprint density at radius 3 is 2.50 bits per heavy atom. The molecule has 0 aliphatic carbocycles. The summed E-state index contributed by atoms with van der Waals surface area (Å²) in [6, 6.07) is 17.9. The number of nitrogens with one attached hydrogen (secondary N) is 2. The summed E-state index contributed by atoms with van der Waals surface area (Å²) in [5, 5.41) is 6.49. The molecule has 1 saturated heterocycles. The van der Waals surface area contributed by atoms with E-state index >= 15 is 0 Å². The number of nitrogens with zero attached hydrogens (tertiary/aromatic N) is 2. The number of anilines is 1. The van der Waals surface area contributed by atoms with Gasteiger partial charge in [0.05, 0.1) is 6.54 Å². The highest BCUT2D eigenvalue weighted by molar-refractivity contribution is 7.84. The zero-order valence-electron chi connectivity index (χ0n) is 17.5. The van der Waals surface area contributed by atoms with Gasteiger partial charge in [0.15, 0.2) is 5.96 Å². The molecule has 1 heterocycles. The van der Waals surface area contributed by atoms with Gasteiger partial charge in [-0.2, -0.15) is 0 Å². The van der Waals surface area contributed by atoms with Crippen LogP contribution in [0.1, 0.15) is 30.9 Å². The maximum absolute atomic E-state index is 12.3. The van der Waals surface area contributed by atoms with E-state index in [1.807, 2.05) is 66.4 Å². The van der Waals surface area contributed by atoms with Crippen LogP contribution in [0.25, 0.3) is 0 Å². The monoisotopic (exact) mass is 426 g/mol. The van der Waals surface area contributed by atoms with Crippen LogP contribution >= 0.6 is 0 Å². The molecule has 2 aromatic carbocycles. The molecule has 1 unspecified atom stereocenters. The van der Waals surface area contributed by atoms with Gasteiger partial charge >= 0.3 is 0 Å². The molecule has 6 nitrogen and oxygen atoms in total. The second-order valence-corrected chi connectivity index (χ2v) is 8.79. The van der Waals surface area contributed by atoms with Gasteiger partial charge in [-0.05, 0) is 36.6 Å². The minimum absolute atomic E-state index is 0.198. The van der Waals surface area contributed by atoms with Crippen molar-refractivity contribution < 1.29 is 9.00 Å². The van der Waals surface area contributed by atoms with Gasteiger partial charge in [-0.3, -0.25) is 9.00 Å². The van der Waals surface area contributed by atoms with Gasteiger partial charge < -0.3 is 15.5 Å². The van der Waals surface area contributed by atoms with Crippen LogP contribution < -0.4 is 15.5 Å². The van der Waals surface area contributed by atoms with Crippen LogP contribution in [0.2, 0.25) is 0 Å². The Morgan fingerprint density at radius 2 is 1.83 bits per heavy atom. The van der Waals surface area contributed by atoms with Crippen molar-refractivity contribution in [3.8, 4) is 0 Å². The number of guanidine groups is 1. The summed E-state index contributed by atoms with van der Waals surface area (Å²) in [5.74, 6) is 2.05. The third-order valence-corrected chi connectivity index (χ3v) is 6.19. The Balaban J connectivity index is 1.47. The van der Waals surface area contributed by atoms with Crippen LogP contribution in [0.5, 0.6) is 0 Å². The molecule has 0 bridgehead atoms. The van der Waals surface area contributed by atoms with Gasteiger partial charge in [-0.1, -0.05) is 42.5 Å². The first-order valence-corrected chi connectivity index (χ1v) is 11.9. The Bertz CT molecular complexity index is 869. The van der Waals surface area contributed by atoms with E-state index in [1.54, 1.807) is 0 Å². The number of carbonyl (C=O) groups excluding carboxylic acids is 1. The quantitative estimate of drug-likeness (QED) is 0.478. The highest BCUT2D eigenvalue weighted by atomic mass is 32.2. The van der Waals surface area contributed by atoms with E-state index in [4.69, 9.17) is 0 Å². The molecule has 30 heavy (non-hydrogen) atoms. The predicted octanol–water partition coefficient (Wildman–Crippen LogP) is 2.82. The third kappa shape index (κ3) is 6.69. The van der Waals surface area contributed by atoms with Gasteiger partial charge in [0.1, 0.15) is 0 Å². The van der Waals surface area contributed by atoms with Crippen LogP contribution in [-0.4, -0.2) is 41.5 Å². The Morgan fingerprint density at radius 1 is 1.07 bits per heavy atom. The summed E-state index contributed by atoms with van der Waals surface area (Å²) in [6.07, 6.45) is 1.57. The average molecular weight is 427 g/mol. The lowest BCUT2D eigenvalue weighted by Gasteiger charge is -2.16. The van der Waals surface area contributed by atoms with Crippen molar-refractivity contribution in [3.05, 3.63) is 65.7 Å². The first kappa shape index (κ1) is 22.0. The van der Waals surface area contributed by atoms with Crippen LogP contribution in [0.4, 0.5) is 5.69 Å². The predicted molar refractivity (Wildman–Crippen MR) is 124 cm³/mol. The van der Waals surface area contributed by atoms with E-state index < -0.39 is 10.8 Å². The van der Waals surface area contributed by atoms with Crippen molar-refractivity contribution in [1.82, 2.24) is 10.6 Å². The molecular weight excluding hydrogens is 396 g/mol. The lowest BCUT2D eigenvalue weighted by atomic mass is 10.2. The molecule has 0 saturated carbocycles. The summed E-state index contributed by atoms with van der Waals surface area (Å²) in [7, 11) is -0.916. The molecule has 7 heteroatoms. The van der Waals surface area contributed by atoms with Gasteiger partial charge in [-0.15, -0.1) is 0 Å². The maximum Gasteiger partial charge on any atom is 0.227 e. The Hall–Kier alpha value is -2.67. The number of carbonyl (C=O) groups is 1. The highest BCUT2D eigenvalue weighted by Crippen LogP contribution is 2.21. The van der Waals surface area contributed by atoms with Crippen LogP contribution in [0.15, 0.2) is 59.6 Å². The lowest BCUT2D eigenvalue weighted by Crippen LogP contribution is -2.39. The second kappa shape index (κ2) is 11.5. The molecule has 0 spiro atoms. The van der Waals surface area contributed by atoms with Crippen LogP contribution in [0.3, 0.4) is 0 Å². The molecule has 1 fully saturated rings. The number of hydrogen-bond donors (Lipinski definition) is 2. The molecule has 0 aromatic heterocycles. The third-order valence-electron chi connectivity index (χ3n) is 4.88. The molecule has 1 atom stereocenters. The zero-order chi connectivity index (χ0) is 21.2. The minimum Gasteiger partial charge on any atom is -0.357 e. The van der Waals surface area contributed by atoms with Crippen molar-refractivity contribution in [2.75, 3.05) is 30.3 Å². The van der Waals surface area contributed by atoms with Gasteiger partial charge in [0, 0.05) is 54.0 Å². The number of aliphatic imine (C=N–C) groups is 1. The molecule has 1 aliphatic heterocycles. The second-order valence-electron chi connectivity index (χ2n) is 7.21. The van der Waals surface area contributed by atoms with Crippen LogP contribution in [0, 0.1) is 0 Å². The molecule has 0 radical (unpaired) electrons. The van der Waals surface area contributed by atoms with Crippen molar-refractivity contribution in [3.63, 3.8) is 0 Å². The first-order chi connectivity index (χ1) is 14.7. The lowest BCUT2D eigenvalue weighted by molar-refractivity contribution is -0.117. The molecule has 160 valence electrons. The SMILES string of the molecule is CCNC(=NCc1ccc(N2CCCC2=O)cc1)NCCS(=O)Cc1ccccc1. The zero-order valence-corrected chi connectivity index (χ0v) is 18.3. The summed E-state index contributed by atoms with van der Waals surface area (Å²) in [5.41, 5.74) is 3.13. The summed E-state index contributed by atoms with van der Waals surface area (Å²) in [4.78, 5) is 18.3. The Kier molecular flexibility index (Phi) is 8.44. The fraction of sp³-hybridized carbons (Fsp3) is 0.391. The van der Waals surface area contributed by atoms with Crippen molar-refractivity contribution in [1.29, 1.82) is 0 Å². The minimum atomic E-state index is -0.916. The number of rotatable bonds is 9. The van der Waals surface area contributed by atoms with Gasteiger partial charge in [-0.25, -0.2) is 4.99 Å². The fourth-order valence-corrected chi connectivity index (χ4v) is 4.37. The van der Waals surface area contributed by atoms with E-state index in [9.17, 15) is 9.00 Å². The van der Waals surface area contributed by atoms with Crippen molar-refractivity contribution >= 4 is 28.4 Å². The molecule has 1 aliphatic rings. The van der Waals surface area contributed by atoms with Crippen molar-refractivity contribution in [2.45, 2.75) is 32.1 Å². The van der Waals surface area contributed by atoms with E-state index in [0.29, 0.717) is 37.0 Å². The average Bonchev–Trinajstić information content (AvgIpc) is 3.19. The molecule has 3 rings (SSSR count). The topological polar surface area (TPSA) is 73.8 Å². The maximum atomic E-state index is 12.3. The van der Waals surface area contributed by atoms with E-state index in [1.165, 1.54) is 0 Å². The molecule has 2 N–H and O–H groups in total. The molecule has 2 aromatic rings. The van der Waals surface area contributed by atoms with Crippen LogP contribution in [-0.2, 0) is 27.9 Å². The van der Waals surface area contributed by atoms with Crippen molar-refractivity contribution in [2.24, 2.45) is 4.99 Å². The largest absolute Gasteiger partial charge is 0.357 e. The number of amides is 1. The Labute approximate surface area is 181 Å². The fourth-order valence-electron chi connectivity index (χ4n) is 3.33. The summed E-state index contributed by atoms with van der Waals surface area (Å²) >= 11 is 0. The molecular formula is C23H30N4O2S. The number of hydrogen-bond acceptors (Lipinski definition) is 3. The smallest absolute Gasteiger partial charge is 0.227 e. The standard InChI is InChI=1S/C23H30N4O2S/c1-2-24-23(25-14-16-30(29)18-20-7-4-3-5-8-20)26-17-19-10-12-21(13-11-19)27-15-6-9-22(27)28/h3-5,7-8,10-13H,2,6,9,14-18H2,1H3,(H2,24,25,26). The van der Waals surface area contributed by atoms with E-state index in [-0.39, 0.29) is 5.91 Å². The summed E-state index contributed by atoms with van der Waals surface area (Å²) < 4.78 is 12.3. The first-order valence-electron chi connectivity index (χ1n) is 10.5. The number of benzene rings is 2. The van der Waals surface area contributed by atoms with E-state index in [0.717, 1.165) is 36.3 Å². The summed E-state index contributed by atoms with van der Waals surface area (Å²) in [6.45, 7) is 4.72. The van der Waals surface area contributed by atoms with E-state index in [2.05, 4.69) is 15.6 Å². The van der Waals surface area contributed by atoms with Gasteiger partial charge in [0.25, 0.3) is 0 Å². The van der Waals surface area contributed by atoms with Gasteiger partial charge in [0.2, 0.25) is 5.91 Å².